The minimum absolute atomic E-state index is 0.171. The maximum absolute atomic E-state index is 11.8. The van der Waals surface area contributed by atoms with E-state index in [4.69, 9.17) is 4.98 Å². The van der Waals surface area contributed by atoms with E-state index in [1.165, 1.54) is 37.3 Å². The Labute approximate surface area is 177 Å². The number of nitriles is 1. The first kappa shape index (κ1) is 20.5. The van der Waals surface area contributed by atoms with Crippen LogP contribution in [0, 0.1) is 11.3 Å². The molecule has 4 rings (SSSR count). The average molecular weight is 423 g/mol. The molecular weight excluding hydrogens is 396 g/mol. The maximum atomic E-state index is 11.8. The van der Waals surface area contributed by atoms with Crippen LogP contribution in [0.1, 0.15) is 62.5 Å². The van der Waals surface area contributed by atoms with Crippen LogP contribution in [0.25, 0.3) is 22.4 Å². The van der Waals surface area contributed by atoms with E-state index in [0.29, 0.717) is 17.2 Å². The number of unbranched alkanes of at least 4 members (excludes halogenated alkanes) is 3. The molecule has 7 heteroatoms. The fourth-order valence-electron chi connectivity index (χ4n) is 3.91. The normalized spacial score (nSPS) is 14.2. The first-order chi connectivity index (χ1) is 14.4. The number of aryl methyl sites for hydroxylation is 1. The van der Waals surface area contributed by atoms with Gasteiger partial charge >= 0.3 is 0 Å². The molecule has 1 saturated carbocycles. The number of nitrogens with zero attached hydrogens (tertiary/aromatic N) is 4. The molecule has 30 heavy (non-hydrogen) atoms. The number of sulfone groups is 1. The highest BCUT2D eigenvalue weighted by molar-refractivity contribution is 7.90. The summed E-state index contributed by atoms with van der Waals surface area (Å²) in [4.78, 5) is 9.33. The SMILES string of the molecule is CCCCCCn1c(-c2ccc(S(C)(=O)=O)cn2)c(C#N)c2cc(C3CC3)cnc21. The molecule has 3 aromatic heterocycles. The minimum atomic E-state index is -3.33. The van der Waals surface area contributed by atoms with E-state index in [1.54, 1.807) is 12.1 Å². The van der Waals surface area contributed by atoms with Crippen molar-refractivity contribution >= 4 is 20.9 Å². The second-order valence-electron chi connectivity index (χ2n) is 8.11. The zero-order valence-corrected chi connectivity index (χ0v) is 18.2. The Bertz CT molecular complexity index is 1220. The van der Waals surface area contributed by atoms with E-state index in [9.17, 15) is 13.7 Å². The topological polar surface area (TPSA) is 88.6 Å². The van der Waals surface area contributed by atoms with Gasteiger partial charge < -0.3 is 4.57 Å². The summed E-state index contributed by atoms with van der Waals surface area (Å²) in [6, 6.07) is 7.72. The molecule has 1 fully saturated rings. The number of hydrogen-bond donors (Lipinski definition) is 0. The van der Waals surface area contributed by atoms with Crippen molar-refractivity contribution in [1.82, 2.24) is 14.5 Å². The Hall–Kier alpha value is -2.72. The van der Waals surface area contributed by atoms with Gasteiger partial charge in [-0.05, 0) is 48.9 Å². The maximum Gasteiger partial charge on any atom is 0.177 e. The third-order valence-corrected chi connectivity index (χ3v) is 6.82. The number of hydrogen-bond acceptors (Lipinski definition) is 5. The fraction of sp³-hybridized carbons (Fsp3) is 0.435. The molecule has 0 radical (unpaired) electrons. The number of rotatable bonds is 8. The van der Waals surface area contributed by atoms with Crippen LogP contribution in [0.4, 0.5) is 0 Å². The molecule has 0 N–H and O–H groups in total. The lowest BCUT2D eigenvalue weighted by Gasteiger charge is -2.11. The molecule has 1 aliphatic carbocycles. The second kappa shape index (κ2) is 8.19. The predicted molar refractivity (Wildman–Crippen MR) is 117 cm³/mol. The third kappa shape index (κ3) is 3.97. The highest BCUT2D eigenvalue weighted by Gasteiger charge is 2.27. The van der Waals surface area contributed by atoms with Gasteiger partial charge in [-0.1, -0.05) is 26.2 Å². The van der Waals surface area contributed by atoms with E-state index in [2.05, 4.69) is 28.6 Å². The van der Waals surface area contributed by atoms with E-state index in [1.807, 2.05) is 6.20 Å². The van der Waals surface area contributed by atoms with Crippen molar-refractivity contribution < 1.29 is 8.42 Å². The van der Waals surface area contributed by atoms with E-state index >= 15 is 0 Å². The number of aromatic nitrogens is 3. The molecule has 0 spiro atoms. The second-order valence-corrected chi connectivity index (χ2v) is 10.1. The van der Waals surface area contributed by atoms with Crippen molar-refractivity contribution in [1.29, 1.82) is 5.26 Å². The fourth-order valence-corrected chi connectivity index (χ4v) is 4.47. The highest BCUT2D eigenvalue weighted by atomic mass is 32.2. The molecule has 6 nitrogen and oxygen atoms in total. The van der Waals surface area contributed by atoms with Crippen LogP contribution in [0.5, 0.6) is 0 Å². The van der Waals surface area contributed by atoms with Crippen LogP contribution in [-0.2, 0) is 16.4 Å². The van der Waals surface area contributed by atoms with Crippen molar-refractivity contribution in [2.24, 2.45) is 0 Å². The smallest absolute Gasteiger partial charge is 0.177 e. The van der Waals surface area contributed by atoms with Gasteiger partial charge in [0.2, 0.25) is 0 Å². The molecular formula is C23H26N4O2S. The molecule has 0 saturated heterocycles. The lowest BCUT2D eigenvalue weighted by molar-refractivity contribution is 0.593. The summed E-state index contributed by atoms with van der Waals surface area (Å²) in [5.74, 6) is 0.553. The summed E-state index contributed by atoms with van der Waals surface area (Å²) in [7, 11) is -3.33. The van der Waals surface area contributed by atoms with Crippen molar-refractivity contribution in [3.05, 3.63) is 41.7 Å². The van der Waals surface area contributed by atoms with E-state index in [0.717, 1.165) is 42.5 Å². The lowest BCUT2D eigenvalue weighted by Crippen LogP contribution is -2.04. The Balaban J connectivity index is 1.85. The summed E-state index contributed by atoms with van der Waals surface area (Å²) in [6.07, 6.45) is 11.2. The van der Waals surface area contributed by atoms with Gasteiger partial charge in [-0.25, -0.2) is 13.4 Å². The van der Waals surface area contributed by atoms with Gasteiger partial charge in [0.1, 0.15) is 11.7 Å². The van der Waals surface area contributed by atoms with Crippen LogP contribution in [-0.4, -0.2) is 29.2 Å². The average Bonchev–Trinajstić information content (AvgIpc) is 3.53. The summed E-state index contributed by atoms with van der Waals surface area (Å²) < 4.78 is 25.7. The van der Waals surface area contributed by atoms with Crippen molar-refractivity contribution in [3.63, 3.8) is 0 Å². The van der Waals surface area contributed by atoms with Crippen LogP contribution < -0.4 is 0 Å². The molecule has 0 atom stereocenters. The van der Waals surface area contributed by atoms with Gasteiger partial charge in [0, 0.05) is 30.6 Å². The third-order valence-electron chi connectivity index (χ3n) is 5.72. The lowest BCUT2D eigenvalue weighted by atomic mass is 10.1. The van der Waals surface area contributed by atoms with Gasteiger partial charge in [0.25, 0.3) is 0 Å². The van der Waals surface area contributed by atoms with Crippen LogP contribution in [0.3, 0.4) is 0 Å². The molecule has 0 aliphatic heterocycles. The molecule has 1 aliphatic rings. The van der Waals surface area contributed by atoms with E-state index < -0.39 is 9.84 Å². The molecule has 0 amide bonds. The first-order valence-electron chi connectivity index (χ1n) is 10.5. The van der Waals surface area contributed by atoms with Gasteiger partial charge in [0.15, 0.2) is 9.84 Å². The Morgan fingerprint density at radius 2 is 1.97 bits per heavy atom. The van der Waals surface area contributed by atoms with Crippen LogP contribution in [0.2, 0.25) is 0 Å². The monoisotopic (exact) mass is 422 g/mol. The predicted octanol–water partition coefficient (Wildman–Crippen LogP) is 4.83. The van der Waals surface area contributed by atoms with E-state index in [-0.39, 0.29) is 4.90 Å². The summed E-state index contributed by atoms with van der Waals surface area (Å²) in [6.45, 7) is 2.93. The van der Waals surface area contributed by atoms with Gasteiger partial charge in [0.05, 0.1) is 21.8 Å². The van der Waals surface area contributed by atoms with Crippen LogP contribution in [0.15, 0.2) is 35.5 Å². The Morgan fingerprint density at radius 1 is 1.17 bits per heavy atom. The molecule has 0 bridgehead atoms. The summed E-state index contributed by atoms with van der Waals surface area (Å²) in [5.41, 5.74) is 3.88. The largest absolute Gasteiger partial charge is 0.323 e. The Morgan fingerprint density at radius 3 is 2.57 bits per heavy atom. The zero-order valence-electron chi connectivity index (χ0n) is 17.4. The molecule has 0 aromatic carbocycles. The van der Waals surface area contributed by atoms with Gasteiger partial charge in [-0.3, -0.25) is 4.98 Å². The number of pyridine rings is 2. The molecule has 3 heterocycles. The molecule has 156 valence electrons. The van der Waals surface area contributed by atoms with Crippen LogP contribution >= 0.6 is 0 Å². The minimum Gasteiger partial charge on any atom is -0.323 e. The summed E-state index contributed by atoms with van der Waals surface area (Å²) >= 11 is 0. The molecule has 3 aromatic rings. The van der Waals surface area contributed by atoms with Crippen molar-refractivity contribution in [3.8, 4) is 17.5 Å². The van der Waals surface area contributed by atoms with Gasteiger partial charge in [-0.15, -0.1) is 0 Å². The highest BCUT2D eigenvalue weighted by Crippen LogP contribution is 2.42. The van der Waals surface area contributed by atoms with Crippen molar-refractivity contribution in [2.45, 2.75) is 62.8 Å². The Kier molecular flexibility index (Phi) is 5.61. The summed E-state index contributed by atoms with van der Waals surface area (Å²) in [5, 5.41) is 10.9. The van der Waals surface area contributed by atoms with Crippen molar-refractivity contribution in [2.75, 3.05) is 6.26 Å². The zero-order chi connectivity index (χ0) is 21.3. The quantitative estimate of drug-likeness (QED) is 0.485. The van der Waals surface area contributed by atoms with Gasteiger partial charge in [-0.2, -0.15) is 5.26 Å². The number of fused-ring (bicyclic) bond motifs is 1. The first-order valence-corrected chi connectivity index (χ1v) is 12.4. The standard InChI is InChI=1S/C23H26N4O2S/c1-3-4-5-6-11-27-22(21-10-9-18(15-25-21)30(2,28)29)20(13-24)19-12-17(16-7-8-16)14-26-23(19)27/h9-10,12,14-16H,3-8,11H2,1-2H3. The molecule has 0 unspecified atom stereocenters.